The van der Waals surface area contributed by atoms with Gasteiger partial charge in [-0.3, -0.25) is 14.2 Å². The first-order chi connectivity index (χ1) is 9.73. The van der Waals surface area contributed by atoms with Crippen LogP contribution in [0.15, 0.2) is 4.79 Å². The highest BCUT2D eigenvalue weighted by atomic mass is 32.1. The molecule has 0 saturated carbocycles. The summed E-state index contributed by atoms with van der Waals surface area (Å²) >= 11 is 0.934. The molecule has 112 valence electrons. The monoisotopic (exact) mass is 310 g/mol. The van der Waals surface area contributed by atoms with Crippen LogP contribution in [0.3, 0.4) is 0 Å². The summed E-state index contributed by atoms with van der Waals surface area (Å²) in [5.41, 5.74) is -0.179. The summed E-state index contributed by atoms with van der Waals surface area (Å²) in [7, 11) is 0. The number of carboxylic acid groups (broad SMARTS) is 2. The molecule has 2 aromatic rings. The molecule has 0 atom stereocenters. The third kappa shape index (κ3) is 2.54. The molecule has 8 heteroatoms. The number of aliphatic carboxylic acids is 1. The Morgan fingerprint density at radius 2 is 1.95 bits per heavy atom. The minimum absolute atomic E-state index is 0.0531. The van der Waals surface area contributed by atoms with Crippen molar-refractivity contribution in [2.45, 2.75) is 33.2 Å². The molecule has 0 amide bonds. The summed E-state index contributed by atoms with van der Waals surface area (Å²) in [5, 5.41) is 18.3. The molecule has 2 heterocycles. The maximum atomic E-state index is 12.5. The van der Waals surface area contributed by atoms with E-state index >= 15 is 0 Å². The van der Waals surface area contributed by atoms with Crippen LogP contribution in [0.4, 0.5) is 0 Å². The van der Waals surface area contributed by atoms with Gasteiger partial charge in [-0.2, -0.15) is 0 Å². The number of carboxylic acids is 2. The van der Waals surface area contributed by atoms with Crippen LogP contribution in [0.2, 0.25) is 0 Å². The molecule has 2 aromatic heterocycles. The van der Waals surface area contributed by atoms with E-state index in [9.17, 15) is 14.4 Å². The van der Waals surface area contributed by atoms with Crippen molar-refractivity contribution in [2.24, 2.45) is 0 Å². The molecule has 7 nitrogen and oxygen atoms in total. The van der Waals surface area contributed by atoms with Crippen LogP contribution in [0.25, 0.3) is 10.2 Å². The number of nitrogens with zero attached hydrogens (tertiary/aromatic N) is 2. The van der Waals surface area contributed by atoms with Gasteiger partial charge in [0.1, 0.15) is 22.1 Å². The van der Waals surface area contributed by atoms with E-state index in [4.69, 9.17) is 10.2 Å². The van der Waals surface area contributed by atoms with Crippen LogP contribution in [0, 0.1) is 6.92 Å². The van der Waals surface area contributed by atoms with Crippen molar-refractivity contribution in [2.75, 3.05) is 0 Å². The van der Waals surface area contributed by atoms with E-state index in [1.807, 2.05) is 0 Å². The highest BCUT2D eigenvalue weighted by Crippen LogP contribution is 2.28. The molecule has 0 radical (unpaired) electrons. The summed E-state index contributed by atoms with van der Waals surface area (Å²) in [6, 6.07) is 0. The number of hydrogen-bond donors (Lipinski definition) is 2. The van der Waals surface area contributed by atoms with E-state index in [-0.39, 0.29) is 16.2 Å². The Morgan fingerprint density at radius 3 is 2.43 bits per heavy atom. The SMILES string of the molecule is Cc1c(C(=O)O)sc2nc(C(C)C)n(CC(=O)O)c(=O)c12. The van der Waals surface area contributed by atoms with Crippen molar-refractivity contribution in [1.82, 2.24) is 9.55 Å². The lowest BCUT2D eigenvalue weighted by Gasteiger charge is -2.13. The van der Waals surface area contributed by atoms with Crippen LogP contribution >= 0.6 is 11.3 Å². The lowest BCUT2D eigenvalue weighted by Crippen LogP contribution is -2.29. The zero-order valence-electron chi connectivity index (χ0n) is 11.7. The zero-order valence-corrected chi connectivity index (χ0v) is 12.5. The fourth-order valence-electron chi connectivity index (χ4n) is 2.17. The maximum absolute atomic E-state index is 12.5. The van der Waals surface area contributed by atoms with Gasteiger partial charge in [0.2, 0.25) is 0 Å². The molecule has 0 aliphatic rings. The van der Waals surface area contributed by atoms with Crippen molar-refractivity contribution < 1.29 is 19.8 Å². The first-order valence-electron chi connectivity index (χ1n) is 6.23. The smallest absolute Gasteiger partial charge is 0.346 e. The molecule has 0 spiro atoms. The Balaban J connectivity index is 2.88. The average molecular weight is 310 g/mol. The van der Waals surface area contributed by atoms with E-state index in [1.165, 1.54) is 6.92 Å². The number of aromatic carboxylic acids is 1. The van der Waals surface area contributed by atoms with E-state index in [0.29, 0.717) is 16.2 Å². The largest absolute Gasteiger partial charge is 0.480 e. The summed E-state index contributed by atoms with van der Waals surface area (Å²) in [6.45, 7) is 4.63. The molecular weight excluding hydrogens is 296 g/mol. The molecule has 21 heavy (non-hydrogen) atoms. The lowest BCUT2D eigenvalue weighted by molar-refractivity contribution is -0.137. The van der Waals surface area contributed by atoms with Crippen molar-refractivity contribution in [1.29, 1.82) is 0 Å². The van der Waals surface area contributed by atoms with Gasteiger partial charge in [-0.15, -0.1) is 11.3 Å². The number of hydrogen-bond acceptors (Lipinski definition) is 5. The second kappa shape index (κ2) is 5.28. The predicted molar refractivity (Wildman–Crippen MR) is 77.3 cm³/mol. The van der Waals surface area contributed by atoms with Gasteiger partial charge in [-0.25, -0.2) is 9.78 Å². The van der Waals surface area contributed by atoms with Crippen molar-refractivity contribution in [3.63, 3.8) is 0 Å². The number of carbonyl (C=O) groups is 2. The van der Waals surface area contributed by atoms with Crippen molar-refractivity contribution in [3.8, 4) is 0 Å². The van der Waals surface area contributed by atoms with Gasteiger partial charge in [-0.05, 0) is 12.5 Å². The second-order valence-corrected chi connectivity index (χ2v) is 5.95. The predicted octanol–water partition coefficient (Wildman–Crippen LogP) is 1.67. The second-order valence-electron chi connectivity index (χ2n) is 4.95. The fourth-order valence-corrected chi connectivity index (χ4v) is 3.18. The first-order valence-corrected chi connectivity index (χ1v) is 7.04. The van der Waals surface area contributed by atoms with Gasteiger partial charge in [0.15, 0.2) is 0 Å². The molecule has 2 N–H and O–H groups in total. The van der Waals surface area contributed by atoms with E-state index in [0.717, 1.165) is 15.9 Å². The maximum Gasteiger partial charge on any atom is 0.346 e. The quantitative estimate of drug-likeness (QED) is 0.889. The lowest BCUT2D eigenvalue weighted by atomic mass is 10.1. The topological polar surface area (TPSA) is 109 Å². The molecule has 0 unspecified atom stereocenters. The minimum Gasteiger partial charge on any atom is -0.480 e. The third-order valence-electron chi connectivity index (χ3n) is 3.08. The number of rotatable bonds is 4. The van der Waals surface area contributed by atoms with Gasteiger partial charge >= 0.3 is 11.9 Å². The third-order valence-corrected chi connectivity index (χ3v) is 4.26. The van der Waals surface area contributed by atoms with E-state index in [1.54, 1.807) is 13.8 Å². The van der Waals surface area contributed by atoms with Gasteiger partial charge in [0.05, 0.1) is 5.39 Å². The van der Waals surface area contributed by atoms with Gasteiger partial charge < -0.3 is 10.2 Å². The van der Waals surface area contributed by atoms with Crippen molar-refractivity contribution >= 4 is 33.5 Å². The fraction of sp³-hybridized carbons (Fsp3) is 0.385. The number of aromatic nitrogens is 2. The van der Waals surface area contributed by atoms with Crippen LogP contribution in [-0.4, -0.2) is 31.7 Å². The Morgan fingerprint density at radius 1 is 1.33 bits per heavy atom. The van der Waals surface area contributed by atoms with E-state index < -0.39 is 24.0 Å². The summed E-state index contributed by atoms with van der Waals surface area (Å²) in [4.78, 5) is 39.3. The Kier molecular flexibility index (Phi) is 3.82. The molecule has 0 fully saturated rings. The zero-order chi connectivity index (χ0) is 15.9. The van der Waals surface area contributed by atoms with Crippen LogP contribution < -0.4 is 5.56 Å². The normalized spacial score (nSPS) is 11.2. The first kappa shape index (κ1) is 15.2. The highest BCUT2D eigenvalue weighted by molar-refractivity contribution is 7.20. The number of fused-ring (bicyclic) bond motifs is 1. The molecule has 0 aromatic carbocycles. The minimum atomic E-state index is -1.15. The Bertz CT molecular complexity index is 803. The molecule has 0 saturated heterocycles. The van der Waals surface area contributed by atoms with Crippen LogP contribution in [-0.2, 0) is 11.3 Å². The number of thiophene rings is 1. The van der Waals surface area contributed by atoms with Gasteiger partial charge in [0, 0.05) is 5.92 Å². The Hall–Kier alpha value is -2.22. The summed E-state index contributed by atoms with van der Waals surface area (Å²) < 4.78 is 1.10. The summed E-state index contributed by atoms with van der Waals surface area (Å²) in [6.07, 6.45) is 0. The molecule has 0 aliphatic carbocycles. The van der Waals surface area contributed by atoms with Crippen molar-refractivity contribution in [3.05, 3.63) is 26.6 Å². The average Bonchev–Trinajstić information content (AvgIpc) is 2.69. The van der Waals surface area contributed by atoms with Crippen LogP contribution in [0.5, 0.6) is 0 Å². The molecule has 0 bridgehead atoms. The van der Waals surface area contributed by atoms with Gasteiger partial charge in [-0.1, -0.05) is 13.8 Å². The molecule has 0 aliphatic heterocycles. The molecular formula is C13H14N2O5S. The number of aryl methyl sites for hydroxylation is 1. The molecule has 2 rings (SSSR count). The van der Waals surface area contributed by atoms with Gasteiger partial charge in [0.25, 0.3) is 5.56 Å². The van der Waals surface area contributed by atoms with E-state index in [2.05, 4.69) is 4.98 Å². The highest BCUT2D eigenvalue weighted by Gasteiger charge is 2.22. The standard InChI is InChI=1S/C13H14N2O5S/c1-5(2)10-14-11-8(6(3)9(21-11)13(19)20)12(18)15(10)4-7(16)17/h5H,4H2,1-3H3,(H,16,17)(H,19,20). The summed E-state index contributed by atoms with van der Waals surface area (Å²) in [5.74, 6) is -2.08. The van der Waals surface area contributed by atoms with Crippen LogP contribution in [0.1, 0.15) is 40.8 Å². The Labute approximate surface area is 123 Å².